The molecule has 4 aromatic rings. The molecule has 0 radical (unpaired) electrons. The minimum absolute atomic E-state index is 0.121. The number of piperidine rings is 1. The maximum absolute atomic E-state index is 12.9. The number of carbonyl (C=O) groups is 1. The van der Waals surface area contributed by atoms with Crippen molar-refractivity contribution in [3.05, 3.63) is 79.2 Å². The van der Waals surface area contributed by atoms with Gasteiger partial charge in [-0.2, -0.15) is 5.10 Å². The first-order valence-corrected chi connectivity index (χ1v) is 11.0. The number of hydrogen-bond donors (Lipinski definition) is 0. The molecule has 162 valence electrons. The molecule has 5 rings (SSSR count). The predicted molar refractivity (Wildman–Crippen MR) is 121 cm³/mol. The van der Waals surface area contributed by atoms with Gasteiger partial charge in [-0.15, -0.1) is 0 Å². The van der Waals surface area contributed by atoms with E-state index in [0.717, 1.165) is 42.0 Å². The molecule has 1 atom stereocenters. The van der Waals surface area contributed by atoms with Crippen molar-refractivity contribution < 1.29 is 9.21 Å². The molecule has 1 fully saturated rings. The molecule has 0 N–H and O–H groups in total. The summed E-state index contributed by atoms with van der Waals surface area (Å²) in [7, 11) is 0. The van der Waals surface area contributed by atoms with E-state index in [0.29, 0.717) is 25.3 Å². The van der Waals surface area contributed by atoms with Gasteiger partial charge in [-0.3, -0.25) is 4.79 Å². The monoisotopic (exact) mass is 427 g/mol. The molecule has 3 heterocycles. The second-order valence-electron chi connectivity index (χ2n) is 8.03. The van der Waals surface area contributed by atoms with Gasteiger partial charge < -0.3 is 9.32 Å². The Morgan fingerprint density at radius 3 is 2.50 bits per heavy atom. The van der Waals surface area contributed by atoms with Crippen LogP contribution in [-0.4, -0.2) is 43.6 Å². The maximum atomic E-state index is 12.9. The Morgan fingerprint density at radius 2 is 1.78 bits per heavy atom. The molecule has 7 nitrogen and oxygen atoms in total. The highest BCUT2D eigenvalue weighted by molar-refractivity contribution is 5.78. The number of hydrogen-bond acceptors (Lipinski definition) is 5. The van der Waals surface area contributed by atoms with Gasteiger partial charge in [0.1, 0.15) is 18.3 Å². The summed E-state index contributed by atoms with van der Waals surface area (Å²) in [5.74, 6) is 1.44. The van der Waals surface area contributed by atoms with Crippen LogP contribution in [0.25, 0.3) is 22.6 Å². The molecule has 0 spiro atoms. The Kier molecular flexibility index (Phi) is 5.79. The molecule has 1 aliphatic heterocycles. The number of rotatable bonds is 6. The fourth-order valence-corrected chi connectivity index (χ4v) is 4.22. The number of aromatic nitrogens is 4. The first-order chi connectivity index (χ1) is 15.8. The van der Waals surface area contributed by atoms with Gasteiger partial charge in [-0.05, 0) is 12.8 Å². The van der Waals surface area contributed by atoms with Crippen LogP contribution in [0.3, 0.4) is 0 Å². The molecule has 2 aromatic carbocycles. The summed E-state index contributed by atoms with van der Waals surface area (Å²) in [6, 6.07) is 20.2. The van der Waals surface area contributed by atoms with E-state index in [9.17, 15) is 4.79 Å². The van der Waals surface area contributed by atoms with Gasteiger partial charge in [-0.25, -0.2) is 14.6 Å². The lowest BCUT2D eigenvalue weighted by Gasteiger charge is -2.32. The Labute approximate surface area is 186 Å². The average Bonchev–Trinajstić information content (AvgIpc) is 3.54. The van der Waals surface area contributed by atoms with E-state index in [1.807, 2.05) is 70.2 Å². The molecule has 2 aromatic heterocycles. The molecule has 1 unspecified atom stereocenters. The lowest BCUT2D eigenvalue weighted by atomic mass is 10.1. The fourth-order valence-electron chi connectivity index (χ4n) is 4.22. The summed E-state index contributed by atoms with van der Waals surface area (Å²) >= 11 is 0. The van der Waals surface area contributed by atoms with Crippen molar-refractivity contribution in [3.8, 4) is 22.6 Å². The largest absolute Gasteiger partial charge is 0.440 e. The van der Waals surface area contributed by atoms with Gasteiger partial charge in [0.2, 0.25) is 5.91 Å². The maximum Gasteiger partial charge on any atom is 0.223 e. The van der Waals surface area contributed by atoms with Crippen molar-refractivity contribution in [2.45, 2.75) is 31.7 Å². The molecule has 1 amide bonds. The molecule has 7 heteroatoms. The van der Waals surface area contributed by atoms with Crippen LogP contribution in [0.2, 0.25) is 0 Å². The summed E-state index contributed by atoms with van der Waals surface area (Å²) in [4.78, 5) is 23.7. The van der Waals surface area contributed by atoms with Gasteiger partial charge in [0, 0.05) is 37.1 Å². The van der Waals surface area contributed by atoms with Crippen molar-refractivity contribution in [3.63, 3.8) is 0 Å². The Hall–Kier alpha value is -3.74. The van der Waals surface area contributed by atoms with Crippen LogP contribution in [0.1, 0.15) is 31.2 Å². The van der Waals surface area contributed by atoms with E-state index in [4.69, 9.17) is 9.40 Å². The van der Waals surface area contributed by atoms with E-state index < -0.39 is 0 Å². The van der Waals surface area contributed by atoms with Gasteiger partial charge in [0.25, 0.3) is 0 Å². The number of carbonyl (C=O) groups excluding carboxylic acids is 1. The molecular formula is C25H25N5O2. The van der Waals surface area contributed by atoms with Crippen LogP contribution in [0.4, 0.5) is 0 Å². The second-order valence-corrected chi connectivity index (χ2v) is 8.03. The van der Waals surface area contributed by atoms with Gasteiger partial charge >= 0.3 is 0 Å². The normalized spacial score (nSPS) is 16.2. The van der Waals surface area contributed by atoms with E-state index in [1.54, 1.807) is 6.33 Å². The third-order valence-electron chi connectivity index (χ3n) is 5.87. The summed E-state index contributed by atoms with van der Waals surface area (Å²) in [5, 5.41) is 4.24. The summed E-state index contributed by atoms with van der Waals surface area (Å²) in [6.45, 7) is 1.44. The zero-order valence-corrected chi connectivity index (χ0v) is 17.8. The van der Waals surface area contributed by atoms with Crippen molar-refractivity contribution in [1.82, 2.24) is 24.6 Å². The van der Waals surface area contributed by atoms with Crippen LogP contribution < -0.4 is 0 Å². The summed E-state index contributed by atoms with van der Waals surface area (Å²) in [6.07, 6.45) is 6.07. The molecular weight excluding hydrogens is 402 g/mol. The van der Waals surface area contributed by atoms with Crippen molar-refractivity contribution in [1.29, 1.82) is 0 Å². The SMILES string of the molecule is O=C(CCc1nc(-c2ccccc2)c(-c2ccccc2)o1)N1CCCC(n2cncn2)C1. The number of oxazole rings is 1. The van der Waals surface area contributed by atoms with Crippen LogP contribution in [0, 0.1) is 0 Å². The number of likely N-dealkylation sites (tertiary alicyclic amines) is 1. The first-order valence-electron chi connectivity index (χ1n) is 11.0. The van der Waals surface area contributed by atoms with Gasteiger partial charge in [-0.1, -0.05) is 60.7 Å². The molecule has 0 saturated carbocycles. The highest BCUT2D eigenvalue weighted by atomic mass is 16.4. The summed E-state index contributed by atoms with van der Waals surface area (Å²) < 4.78 is 8.02. The van der Waals surface area contributed by atoms with Crippen molar-refractivity contribution in [2.24, 2.45) is 0 Å². The summed E-state index contributed by atoms with van der Waals surface area (Å²) in [5.41, 5.74) is 2.78. The number of aryl methyl sites for hydroxylation is 1. The quantitative estimate of drug-likeness (QED) is 0.456. The minimum atomic E-state index is 0.121. The first kappa shape index (κ1) is 20.2. The Bertz CT molecular complexity index is 1100. The topological polar surface area (TPSA) is 77.0 Å². The highest BCUT2D eigenvalue weighted by Crippen LogP contribution is 2.33. The van der Waals surface area contributed by atoms with Crippen LogP contribution in [0.5, 0.6) is 0 Å². The molecule has 0 aliphatic carbocycles. The van der Waals surface area contributed by atoms with E-state index in [2.05, 4.69) is 10.1 Å². The number of nitrogens with zero attached hydrogens (tertiary/aromatic N) is 5. The van der Waals surface area contributed by atoms with Crippen LogP contribution >= 0.6 is 0 Å². The average molecular weight is 428 g/mol. The zero-order chi connectivity index (χ0) is 21.8. The van der Waals surface area contributed by atoms with E-state index in [1.165, 1.54) is 6.33 Å². The molecule has 32 heavy (non-hydrogen) atoms. The predicted octanol–water partition coefficient (Wildman–Crippen LogP) is 4.40. The zero-order valence-electron chi connectivity index (χ0n) is 17.8. The Balaban J connectivity index is 1.31. The van der Waals surface area contributed by atoms with Crippen molar-refractivity contribution >= 4 is 5.91 Å². The number of amides is 1. The van der Waals surface area contributed by atoms with E-state index >= 15 is 0 Å². The van der Waals surface area contributed by atoms with Crippen LogP contribution in [-0.2, 0) is 11.2 Å². The van der Waals surface area contributed by atoms with Crippen molar-refractivity contribution in [2.75, 3.05) is 13.1 Å². The lowest BCUT2D eigenvalue weighted by molar-refractivity contribution is -0.132. The highest BCUT2D eigenvalue weighted by Gasteiger charge is 2.25. The minimum Gasteiger partial charge on any atom is -0.440 e. The van der Waals surface area contributed by atoms with Gasteiger partial charge in [0.15, 0.2) is 11.7 Å². The number of benzene rings is 2. The standard InChI is InChI=1S/C25H25N5O2/c31-23(29-15-7-12-21(16-29)30-18-26-17-27-30)14-13-22-28-24(19-8-3-1-4-9-19)25(32-22)20-10-5-2-6-11-20/h1-6,8-11,17-18,21H,7,12-16H2. The molecule has 1 aliphatic rings. The van der Waals surface area contributed by atoms with Crippen LogP contribution in [0.15, 0.2) is 77.7 Å². The fraction of sp³-hybridized carbons (Fsp3) is 0.280. The second kappa shape index (κ2) is 9.18. The van der Waals surface area contributed by atoms with E-state index in [-0.39, 0.29) is 11.9 Å². The third-order valence-corrected chi connectivity index (χ3v) is 5.87. The molecule has 0 bridgehead atoms. The molecule has 1 saturated heterocycles. The third kappa shape index (κ3) is 4.32. The Morgan fingerprint density at radius 1 is 1.03 bits per heavy atom. The lowest BCUT2D eigenvalue weighted by Crippen LogP contribution is -2.40. The smallest absolute Gasteiger partial charge is 0.223 e. The van der Waals surface area contributed by atoms with Gasteiger partial charge in [0.05, 0.1) is 6.04 Å².